The minimum Gasteiger partial charge on any atom is -0.438 e. The van der Waals surface area contributed by atoms with Gasteiger partial charge in [-0.2, -0.15) is 0 Å². The number of likely N-dealkylation sites (N-methyl/N-ethyl adjacent to an activating group) is 2. The lowest BCUT2D eigenvalue weighted by Crippen LogP contribution is -2.44. The Kier molecular flexibility index (Phi) is 11.0. The number of carbonyl (C=O) groups excluding carboxylic acids is 2. The Hall–Kier alpha value is -4.61. The zero-order valence-corrected chi connectivity index (χ0v) is 28.6. The van der Waals surface area contributed by atoms with Crippen molar-refractivity contribution in [1.82, 2.24) is 35.0 Å². The number of nitrogens with zero attached hydrogens (tertiary/aromatic N) is 5. The first-order valence-electron chi connectivity index (χ1n) is 17.2. The molecular formula is C38H46FN7O3. The van der Waals surface area contributed by atoms with Gasteiger partial charge in [-0.25, -0.2) is 14.4 Å². The Morgan fingerprint density at radius 1 is 0.918 bits per heavy atom. The molecular weight excluding hydrogens is 621 g/mol. The van der Waals surface area contributed by atoms with E-state index in [2.05, 4.69) is 80.4 Å². The van der Waals surface area contributed by atoms with E-state index in [1.165, 1.54) is 5.56 Å². The Bertz CT molecular complexity index is 1720. The molecule has 10 nitrogen and oxygen atoms in total. The fourth-order valence-corrected chi connectivity index (χ4v) is 6.51. The lowest BCUT2D eigenvalue weighted by Gasteiger charge is -2.29. The van der Waals surface area contributed by atoms with E-state index in [1.54, 1.807) is 6.07 Å². The summed E-state index contributed by atoms with van der Waals surface area (Å²) in [5.41, 5.74) is 3.72. The van der Waals surface area contributed by atoms with Gasteiger partial charge in [-0.15, -0.1) is 0 Å². The molecule has 0 unspecified atom stereocenters. The topological polar surface area (TPSA) is 105 Å². The summed E-state index contributed by atoms with van der Waals surface area (Å²) in [5.74, 6) is 0.295. The van der Waals surface area contributed by atoms with Crippen LogP contribution >= 0.6 is 0 Å². The zero-order valence-electron chi connectivity index (χ0n) is 28.6. The lowest BCUT2D eigenvalue weighted by atomic mass is 9.91. The highest BCUT2D eigenvalue weighted by molar-refractivity contribution is 5.96. The van der Waals surface area contributed by atoms with Crippen molar-refractivity contribution in [3.8, 4) is 22.8 Å². The number of imidazole rings is 1. The molecule has 1 saturated carbocycles. The number of pyridine rings is 1. The van der Waals surface area contributed by atoms with Gasteiger partial charge in [-0.3, -0.25) is 9.59 Å². The van der Waals surface area contributed by atoms with Crippen molar-refractivity contribution in [3.63, 3.8) is 0 Å². The molecule has 2 N–H and O–H groups in total. The van der Waals surface area contributed by atoms with E-state index < -0.39 is 11.7 Å². The molecule has 3 heterocycles. The molecule has 2 aliphatic rings. The van der Waals surface area contributed by atoms with Crippen LogP contribution in [0.2, 0.25) is 0 Å². The zero-order chi connectivity index (χ0) is 34.3. The normalized spacial score (nSPS) is 17.5. The number of nitrogens with one attached hydrogen (secondary N) is 2. The van der Waals surface area contributed by atoms with Crippen molar-refractivity contribution in [2.75, 3.05) is 34.2 Å². The van der Waals surface area contributed by atoms with Gasteiger partial charge in [0.25, 0.3) is 11.8 Å². The molecule has 0 radical (unpaired) electrons. The highest BCUT2D eigenvalue weighted by Gasteiger charge is 2.27. The molecule has 2 amide bonds. The van der Waals surface area contributed by atoms with Gasteiger partial charge in [-0.1, -0.05) is 36.4 Å². The first-order chi connectivity index (χ1) is 23.7. The maximum atomic E-state index is 14.3. The minimum atomic E-state index is -0.619. The van der Waals surface area contributed by atoms with E-state index in [-0.39, 0.29) is 29.4 Å². The number of halogens is 1. The maximum Gasteiger partial charge on any atom is 0.271 e. The van der Waals surface area contributed by atoms with Gasteiger partial charge >= 0.3 is 0 Å². The second kappa shape index (κ2) is 15.7. The average Bonchev–Trinajstić information content (AvgIpc) is 3.54. The number of aromatic nitrogens is 3. The second-order valence-electron chi connectivity index (χ2n) is 13.6. The number of amides is 2. The smallest absolute Gasteiger partial charge is 0.271 e. The third-order valence-electron chi connectivity index (χ3n) is 9.32. The van der Waals surface area contributed by atoms with Gasteiger partial charge < -0.3 is 29.7 Å². The number of hydrogen-bond donors (Lipinski definition) is 2. The molecule has 11 heteroatoms. The van der Waals surface area contributed by atoms with E-state index in [4.69, 9.17) is 4.74 Å². The first kappa shape index (κ1) is 34.3. The minimum absolute atomic E-state index is 0.00649. The molecule has 1 fully saturated rings. The van der Waals surface area contributed by atoms with Crippen LogP contribution in [0.1, 0.15) is 70.8 Å². The summed E-state index contributed by atoms with van der Waals surface area (Å²) in [6, 6.07) is 17.1. The molecule has 49 heavy (non-hydrogen) atoms. The van der Waals surface area contributed by atoms with Crippen molar-refractivity contribution in [1.29, 1.82) is 0 Å². The molecule has 4 aromatic rings. The molecule has 0 bridgehead atoms. The van der Waals surface area contributed by atoms with Crippen molar-refractivity contribution in [3.05, 3.63) is 95.5 Å². The second-order valence-corrected chi connectivity index (χ2v) is 13.6. The summed E-state index contributed by atoms with van der Waals surface area (Å²) in [4.78, 5) is 39.4. The molecule has 6 rings (SSSR count). The van der Waals surface area contributed by atoms with Gasteiger partial charge in [0.15, 0.2) is 0 Å². The lowest BCUT2D eigenvalue weighted by molar-refractivity contribution is 0.0887. The van der Waals surface area contributed by atoms with Gasteiger partial charge in [0.05, 0.1) is 6.20 Å². The Morgan fingerprint density at radius 3 is 2.37 bits per heavy atom. The highest BCUT2D eigenvalue weighted by Crippen LogP contribution is 2.29. The van der Waals surface area contributed by atoms with E-state index in [9.17, 15) is 14.0 Å². The quantitative estimate of drug-likeness (QED) is 0.201. The van der Waals surface area contributed by atoms with Crippen LogP contribution in [0, 0.1) is 5.82 Å². The largest absolute Gasteiger partial charge is 0.438 e. The Balaban J connectivity index is 1.04. The third-order valence-corrected chi connectivity index (χ3v) is 9.32. The van der Waals surface area contributed by atoms with Crippen LogP contribution in [0.5, 0.6) is 11.6 Å². The van der Waals surface area contributed by atoms with Crippen LogP contribution in [0.15, 0.2) is 67.0 Å². The summed E-state index contributed by atoms with van der Waals surface area (Å²) in [5, 5.41) is 6.15. The van der Waals surface area contributed by atoms with Crippen LogP contribution in [-0.4, -0.2) is 82.5 Å². The molecule has 2 aromatic carbocycles. The number of carbonyl (C=O) groups is 2. The molecule has 258 valence electrons. The van der Waals surface area contributed by atoms with E-state index in [0.717, 1.165) is 87.5 Å². The van der Waals surface area contributed by atoms with Crippen molar-refractivity contribution >= 4 is 11.8 Å². The van der Waals surface area contributed by atoms with E-state index >= 15 is 0 Å². The summed E-state index contributed by atoms with van der Waals surface area (Å²) >= 11 is 0. The van der Waals surface area contributed by atoms with Crippen LogP contribution < -0.4 is 15.4 Å². The number of fused-ring (bicyclic) bond motifs is 1. The Labute approximate surface area is 287 Å². The number of rotatable bonds is 12. The summed E-state index contributed by atoms with van der Waals surface area (Å²) < 4.78 is 22.5. The predicted molar refractivity (Wildman–Crippen MR) is 187 cm³/mol. The molecule has 2 aromatic heterocycles. The summed E-state index contributed by atoms with van der Waals surface area (Å²) in [6.45, 7) is 3.76. The number of aryl methyl sites for hydroxylation is 2. The number of benzene rings is 2. The molecule has 0 spiro atoms. The third kappa shape index (κ3) is 9.10. The Morgan fingerprint density at radius 2 is 1.65 bits per heavy atom. The molecule has 0 saturated heterocycles. The molecule has 1 aliphatic heterocycles. The van der Waals surface area contributed by atoms with E-state index in [1.807, 2.05) is 24.4 Å². The molecule has 0 atom stereocenters. The van der Waals surface area contributed by atoms with Crippen molar-refractivity contribution in [2.45, 2.75) is 70.1 Å². The van der Waals surface area contributed by atoms with Crippen LogP contribution in [-0.2, 0) is 19.5 Å². The summed E-state index contributed by atoms with van der Waals surface area (Å²) in [6.07, 6.45) is 8.82. The molecule has 1 aliphatic carbocycles. The van der Waals surface area contributed by atoms with Crippen LogP contribution in [0.4, 0.5) is 4.39 Å². The summed E-state index contributed by atoms with van der Waals surface area (Å²) in [7, 11) is 6.28. The standard InChI is InChI=1S/C38H46FN7O3/c1-44(2)19-20-45(3)24-26-10-12-27(13-11-26)28-7-6-8-32(21-28)49-38-33(22-29(39)23-40-38)36(47)41-30-14-16-31(17-15-30)42-37(48)34-25-46-18-5-4-9-35(46)43-34/h6-8,10-13,21-23,25,30-31H,4-5,9,14-20,24H2,1-3H3,(H,41,47)(H,42,48)/t30-,31+. The fraction of sp³-hybridized carbons (Fsp3) is 0.421. The van der Waals surface area contributed by atoms with Crippen molar-refractivity contribution < 1.29 is 18.7 Å². The van der Waals surface area contributed by atoms with Gasteiger partial charge in [0.2, 0.25) is 5.88 Å². The number of ether oxygens (including phenoxy) is 1. The average molecular weight is 668 g/mol. The predicted octanol–water partition coefficient (Wildman–Crippen LogP) is 5.68. The monoisotopic (exact) mass is 667 g/mol. The fourth-order valence-electron chi connectivity index (χ4n) is 6.51. The highest BCUT2D eigenvalue weighted by atomic mass is 19.1. The van der Waals surface area contributed by atoms with Gasteiger partial charge in [-0.05, 0) is 94.6 Å². The first-order valence-corrected chi connectivity index (χ1v) is 17.2. The SMILES string of the molecule is CN(C)CCN(C)Cc1ccc(-c2cccc(Oc3ncc(F)cc3C(=O)N[C@H]3CC[C@@H](NC(=O)c4cn5c(n4)CCCC5)CC3)c2)cc1. The number of hydrogen-bond acceptors (Lipinski definition) is 7. The van der Waals surface area contributed by atoms with Crippen LogP contribution in [0.3, 0.4) is 0 Å². The van der Waals surface area contributed by atoms with Gasteiger partial charge in [0.1, 0.15) is 28.6 Å². The van der Waals surface area contributed by atoms with Gasteiger partial charge in [0, 0.05) is 50.9 Å². The van der Waals surface area contributed by atoms with Crippen molar-refractivity contribution in [2.24, 2.45) is 0 Å². The van der Waals surface area contributed by atoms with E-state index in [0.29, 0.717) is 24.3 Å². The maximum absolute atomic E-state index is 14.3. The van der Waals surface area contributed by atoms with Crippen LogP contribution in [0.25, 0.3) is 11.1 Å².